The Bertz CT molecular complexity index is 134. The van der Waals surface area contributed by atoms with Gasteiger partial charge in [0.1, 0.15) is 0 Å². The molecule has 0 rings (SSSR count). The van der Waals surface area contributed by atoms with Crippen molar-refractivity contribution >= 4 is 0 Å². The van der Waals surface area contributed by atoms with Gasteiger partial charge in [0.15, 0.2) is 0 Å². The van der Waals surface area contributed by atoms with Crippen molar-refractivity contribution in [1.29, 1.82) is 0 Å². The van der Waals surface area contributed by atoms with Crippen molar-refractivity contribution in [3.8, 4) is 0 Å². The van der Waals surface area contributed by atoms with E-state index >= 15 is 0 Å². The van der Waals surface area contributed by atoms with Crippen molar-refractivity contribution in [2.24, 2.45) is 0 Å². The van der Waals surface area contributed by atoms with E-state index in [4.69, 9.17) is 0 Å². The number of rotatable bonds is 9. The summed E-state index contributed by atoms with van der Waals surface area (Å²) in [6.45, 7) is 11.6. The topological polar surface area (TPSA) is 15.3 Å². The van der Waals surface area contributed by atoms with Gasteiger partial charge in [0.2, 0.25) is 0 Å². The summed E-state index contributed by atoms with van der Waals surface area (Å²) >= 11 is 0. The van der Waals surface area contributed by atoms with Crippen LogP contribution in [0.5, 0.6) is 0 Å². The molecule has 0 aliphatic carbocycles. The average Bonchev–Trinajstić information content (AvgIpc) is 2.21. The summed E-state index contributed by atoms with van der Waals surface area (Å²) < 4.78 is 0. The highest BCUT2D eigenvalue weighted by molar-refractivity contribution is 4.63. The zero-order chi connectivity index (χ0) is 11.7. The van der Waals surface area contributed by atoms with Gasteiger partial charge in [0.05, 0.1) is 0 Å². The van der Waals surface area contributed by atoms with Crippen LogP contribution in [0.4, 0.5) is 0 Å². The molecule has 92 valence electrons. The fourth-order valence-corrected chi connectivity index (χ4v) is 1.83. The van der Waals surface area contributed by atoms with Gasteiger partial charge in [-0.1, -0.05) is 13.3 Å². The third-order valence-electron chi connectivity index (χ3n) is 3.07. The predicted molar refractivity (Wildman–Crippen MR) is 69.4 cm³/mol. The summed E-state index contributed by atoms with van der Waals surface area (Å²) in [5, 5.41) is 3.29. The molecule has 0 aromatic rings. The zero-order valence-corrected chi connectivity index (χ0v) is 11.3. The molecular formula is C13H30N2. The van der Waals surface area contributed by atoms with E-state index in [1.54, 1.807) is 0 Å². The van der Waals surface area contributed by atoms with Crippen LogP contribution in [0, 0.1) is 0 Å². The molecule has 0 aliphatic rings. The van der Waals surface area contributed by atoms with Crippen LogP contribution >= 0.6 is 0 Å². The molecule has 0 aromatic heterocycles. The van der Waals surface area contributed by atoms with Crippen molar-refractivity contribution in [2.75, 3.05) is 20.1 Å². The number of unbranched alkanes of at least 4 members (excludes halogenated alkanes) is 1. The van der Waals surface area contributed by atoms with Crippen LogP contribution in [0.1, 0.15) is 53.4 Å². The Morgan fingerprint density at radius 1 is 1.07 bits per heavy atom. The first kappa shape index (κ1) is 14.9. The van der Waals surface area contributed by atoms with Gasteiger partial charge in [0, 0.05) is 12.1 Å². The quantitative estimate of drug-likeness (QED) is 0.594. The maximum Gasteiger partial charge on any atom is 0.00385 e. The second-order valence-electron chi connectivity index (χ2n) is 4.82. The maximum atomic E-state index is 3.29. The monoisotopic (exact) mass is 214 g/mol. The van der Waals surface area contributed by atoms with Gasteiger partial charge in [0.25, 0.3) is 0 Å². The van der Waals surface area contributed by atoms with Crippen molar-refractivity contribution in [3.63, 3.8) is 0 Å². The minimum atomic E-state index is 0.670. The van der Waals surface area contributed by atoms with E-state index < -0.39 is 0 Å². The molecule has 0 radical (unpaired) electrons. The van der Waals surface area contributed by atoms with Crippen LogP contribution in [-0.2, 0) is 0 Å². The standard InChI is InChI=1S/C13H30N2/c1-6-10-15(12(2)3)11-8-7-9-13(4)14-5/h12-14H,6-11H2,1-5H3. The average molecular weight is 214 g/mol. The van der Waals surface area contributed by atoms with E-state index in [0.29, 0.717) is 12.1 Å². The molecule has 0 saturated heterocycles. The van der Waals surface area contributed by atoms with Gasteiger partial charge in [-0.3, -0.25) is 0 Å². The first-order valence-corrected chi connectivity index (χ1v) is 6.53. The molecule has 0 aliphatic heterocycles. The molecule has 0 fully saturated rings. The largest absolute Gasteiger partial charge is 0.317 e. The number of hydrogen-bond acceptors (Lipinski definition) is 2. The van der Waals surface area contributed by atoms with Crippen LogP contribution in [0.3, 0.4) is 0 Å². The Hall–Kier alpha value is -0.0800. The minimum Gasteiger partial charge on any atom is -0.317 e. The Labute approximate surface area is 96.4 Å². The van der Waals surface area contributed by atoms with Gasteiger partial charge in [-0.15, -0.1) is 0 Å². The molecule has 0 bridgehead atoms. The lowest BCUT2D eigenvalue weighted by Crippen LogP contribution is -2.32. The van der Waals surface area contributed by atoms with Crippen LogP contribution in [0.2, 0.25) is 0 Å². The summed E-state index contributed by atoms with van der Waals surface area (Å²) in [7, 11) is 2.04. The molecule has 0 aromatic carbocycles. The second-order valence-corrected chi connectivity index (χ2v) is 4.82. The molecule has 0 saturated carbocycles. The van der Waals surface area contributed by atoms with Gasteiger partial charge in [-0.2, -0.15) is 0 Å². The fourth-order valence-electron chi connectivity index (χ4n) is 1.83. The van der Waals surface area contributed by atoms with Gasteiger partial charge >= 0.3 is 0 Å². The number of nitrogens with zero attached hydrogens (tertiary/aromatic N) is 1. The number of hydrogen-bond donors (Lipinski definition) is 1. The van der Waals surface area contributed by atoms with E-state index in [9.17, 15) is 0 Å². The van der Waals surface area contributed by atoms with Crippen LogP contribution < -0.4 is 5.32 Å². The van der Waals surface area contributed by atoms with Gasteiger partial charge in [-0.25, -0.2) is 0 Å². The first-order chi connectivity index (χ1) is 7.11. The Balaban J connectivity index is 3.53. The van der Waals surface area contributed by atoms with Crippen molar-refractivity contribution < 1.29 is 0 Å². The normalized spacial score (nSPS) is 13.8. The van der Waals surface area contributed by atoms with E-state index in [-0.39, 0.29) is 0 Å². The Morgan fingerprint density at radius 2 is 1.73 bits per heavy atom. The van der Waals surface area contributed by atoms with Crippen molar-refractivity contribution in [3.05, 3.63) is 0 Å². The summed E-state index contributed by atoms with van der Waals surface area (Å²) in [6.07, 6.45) is 5.25. The van der Waals surface area contributed by atoms with E-state index in [1.165, 1.54) is 38.8 Å². The highest BCUT2D eigenvalue weighted by Gasteiger charge is 2.07. The zero-order valence-electron chi connectivity index (χ0n) is 11.3. The molecule has 1 unspecified atom stereocenters. The molecule has 2 heteroatoms. The van der Waals surface area contributed by atoms with E-state index in [1.807, 2.05) is 7.05 Å². The lowest BCUT2D eigenvalue weighted by Gasteiger charge is -2.26. The molecule has 0 amide bonds. The SMILES string of the molecule is CCCN(CCCCC(C)NC)C(C)C. The third-order valence-corrected chi connectivity index (χ3v) is 3.07. The third kappa shape index (κ3) is 7.80. The first-order valence-electron chi connectivity index (χ1n) is 6.53. The lowest BCUT2D eigenvalue weighted by atomic mass is 10.1. The Morgan fingerprint density at radius 3 is 2.20 bits per heavy atom. The maximum absolute atomic E-state index is 3.29. The predicted octanol–water partition coefficient (Wildman–Crippen LogP) is 2.89. The number of nitrogens with one attached hydrogen (secondary N) is 1. The molecule has 1 atom stereocenters. The highest BCUT2D eigenvalue weighted by Crippen LogP contribution is 2.05. The Kier molecular flexibility index (Phi) is 9.12. The van der Waals surface area contributed by atoms with E-state index in [2.05, 4.69) is 37.9 Å². The van der Waals surface area contributed by atoms with Gasteiger partial charge < -0.3 is 10.2 Å². The highest BCUT2D eigenvalue weighted by atomic mass is 15.1. The van der Waals surface area contributed by atoms with Crippen LogP contribution in [0.25, 0.3) is 0 Å². The summed E-state index contributed by atoms with van der Waals surface area (Å²) in [5.74, 6) is 0. The van der Waals surface area contributed by atoms with Crippen molar-refractivity contribution in [2.45, 2.75) is 65.5 Å². The van der Waals surface area contributed by atoms with Crippen LogP contribution in [0.15, 0.2) is 0 Å². The van der Waals surface area contributed by atoms with Crippen LogP contribution in [-0.4, -0.2) is 37.1 Å². The fraction of sp³-hybridized carbons (Fsp3) is 1.00. The van der Waals surface area contributed by atoms with E-state index in [0.717, 1.165) is 0 Å². The molecular weight excluding hydrogens is 184 g/mol. The lowest BCUT2D eigenvalue weighted by molar-refractivity contribution is 0.216. The smallest absolute Gasteiger partial charge is 0.00385 e. The molecule has 1 N–H and O–H groups in total. The minimum absolute atomic E-state index is 0.670. The van der Waals surface area contributed by atoms with Gasteiger partial charge in [-0.05, 0) is 60.2 Å². The molecule has 0 heterocycles. The molecule has 0 spiro atoms. The summed E-state index contributed by atoms with van der Waals surface area (Å²) in [4.78, 5) is 2.59. The molecule has 15 heavy (non-hydrogen) atoms. The van der Waals surface area contributed by atoms with Crippen molar-refractivity contribution in [1.82, 2.24) is 10.2 Å². The summed E-state index contributed by atoms with van der Waals surface area (Å²) in [5.41, 5.74) is 0. The molecule has 2 nitrogen and oxygen atoms in total. The second kappa shape index (κ2) is 9.17. The summed E-state index contributed by atoms with van der Waals surface area (Å²) in [6, 6.07) is 1.37.